The lowest BCUT2D eigenvalue weighted by Crippen LogP contribution is -2.66. The highest BCUT2D eigenvalue weighted by Crippen LogP contribution is 2.36. The second-order valence-electron chi connectivity index (χ2n) is 5.76. The zero-order valence-electron chi connectivity index (χ0n) is 11.9. The molecule has 21 heavy (non-hydrogen) atoms. The van der Waals surface area contributed by atoms with Crippen molar-refractivity contribution in [1.82, 2.24) is 10.2 Å². The molecule has 0 aromatic heterocycles. The van der Waals surface area contributed by atoms with Gasteiger partial charge in [0.15, 0.2) is 0 Å². The zero-order chi connectivity index (χ0) is 15.2. The second-order valence-corrected chi connectivity index (χ2v) is 5.76. The molecule has 2 aliphatic rings. The summed E-state index contributed by atoms with van der Waals surface area (Å²) in [6.45, 7) is 3.39. The van der Waals surface area contributed by atoms with E-state index in [1.807, 2.05) is 24.3 Å². The molecule has 2 heterocycles. The van der Waals surface area contributed by atoms with Gasteiger partial charge in [0.05, 0.1) is 0 Å². The predicted molar refractivity (Wildman–Crippen MR) is 73.6 cm³/mol. The van der Waals surface area contributed by atoms with Gasteiger partial charge in [0.2, 0.25) is 11.8 Å². The van der Waals surface area contributed by atoms with Gasteiger partial charge in [0.1, 0.15) is 30.4 Å². The summed E-state index contributed by atoms with van der Waals surface area (Å²) >= 11 is 0. The van der Waals surface area contributed by atoms with E-state index >= 15 is 0 Å². The van der Waals surface area contributed by atoms with Crippen molar-refractivity contribution < 1.29 is 19.1 Å². The number of nitrogens with zero attached hydrogens (tertiary/aromatic N) is 1. The molecule has 110 valence electrons. The Morgan fingerprint density at radius 1 is 1.33 bits per heavy atom. The molecule has 0 radical (unpaired) electrons. The number of piperazine rings is 1. The minimum Gasteiger partial charge on any atom is -0.492 e. The van der Waals surface area contributed by atoms with Crippen LogP contribution in [-0.4, -0.2) is 41.3 Å². The summed E-state index contributed by atoms with van der Waals surface area (Å²) in [7, 11) is 0. The average molecular weight is 288 g/mol. The molecule has 0 bridgehead atoms. The number of carbonyl (C=O) groups excluding carboxylic acids is 3. The van der Waals surface area contributed by atoms with Gasteiger partial charge in [-0.2, -0.15) is 0 Å². The van der Waals surface area contributed by atoms with Gasteiger partial charge in [-0.1, -0.05) is 18.2 Å². The Bertz CT molecular complexity index is 638. The number of rotatable bonds is 1. The fraction of sp³-hybridized carbons (Fsp3) is 0.400. The maximum Gasteiger partial charge on any atom is 0.252 e. The SMILES string of the molecule is CC1(C)C(=O)NC(=O)CN1C(=O)C1COc2ccccc21. The van der Waals surface area contributed by atoms with Crippen LogP contribution in [-0.2, 0) is 14.4 Å². The minimum absolute atomic E-state index is 0.115. The van der Waals surface area contributed by atoms with Gasteiger partial charge < -0.3 is 9.64 Å². The molecular weight excluding hydrogens is 272 g/mol. The van der Waals surface area contributed by atoms with E-state index in [-0.39, 0.29) is 19.1 Å². The summed E-state index contributed by atoms with van der Waals surface area (Å²) in [6, 6.07) is 7.33. The second kappa shape index (κ2) is 4.58. The molecule has 1 N–H and O–H groups in total. The number of amides is 3. The molecule has 1 saturated heterocycles. The predicted octanol–water partition coefficient (Wildman–Crippen LogP) is 0.426. The molecule has 6 heteroatoms. The highest BCUT2D eigenvalue weighted by Gasteiger charge is 2.46. The number of carbonyl (C=O) groups is 3. The molecule has 6 nitrogen and oxygen atoms in total. The van der Waals surface area contributed by atoms with E-state index in [0.29, 0.717) is 5.75 Å². The van der Waals surface area contributed by atoms with E-state index in [0.717, 1.165) is 5.56 Å². The van der Waals surface area contributed by atoms with Crippen molar-refractivity contribution in [2.75, 3.05) is 13.2 Å². The van der Waals surface area contributed by atoms with Crippen LogP contribution in [0.25, 0.3) is 0 Å². The van der Waals surface area contributed by atoms with Gasteiger partial charge in [-0.15, -0.1) is 0 Å². The number of ether oxygens (including phenoxy) is 1. The number of fused-ring (bicyclic) bond motifs is 1. The van der Waals surface area contributed by atoms with Gasteiger partial charge in [-0.25, -0.2) is 0 Å². The Balaban J connectivity index is 1.92. The summed E-state index contributed by atoms with van der Waals surface area (Å²) < 4.78 is 5.51. The standard InChI is InChI=1S/C15H16N2O4/c1-15(2)14(20)16-12(18)7-17(15)13(19)10-8-21-11-6-4-3-5-9(10)11/h3-6,10H,7-8H2,1-2H3,(H,16,18,20). The largest absolute Gasteiger partial charge is 0.492 e. The topological polar surface area (TPSA) is 75.7 Å². The molecule has 0 spiro atoms. The first-order valence-corrected chi connectivity index (χ1v) is 6.79. The van der Waals surface area contributed by atoms with Gasteiger partial charge in [-0.3, -0.25) is 19.7 Å². The lowest BCUT2D eigenvalue weighted by atomic mass is 9.93. The van der Waals surface area contributed by atoms with E-state index in [1.54, 1.807) is 13.8 Å². The number of benzene rings is 1. The van der Waals surface area contributed by atoms with Crippen LogP contribution in [0.5, 0.6) is 5.75 Å². The first-order valence-electron chi connectivity index (χ1n) is 6.79. The van der Waals surface area contributed by atoms with Crippen molar-refractivity contribution in [3.8, 4) is 5.75 Å². The Hall–Kier alpha value is -2.37. The van der Waals surface area contributed by atoms with Crippen molar-refractivity contribution in [3.63, 3.8) is 0 Å². The molecule has 1 fully saturated rings. The van der Waals surface area contributed by atoms with Gasteiger partial charge in [0, 0.05) is 5.56 Å². The molecule has 0 aliphatic carbocycles. The van der Waals surface area contributed by atoms with Crippen molar-refractivity contribution in [2.45, 2.75) is 25.3 Å². The lowest BCUT2D eigenvalue weighted by Gasteiger charge is -2.41. The lowest BCUT2D eigenvalue weighted by molar-refractivity contribution is -0.156. The van der Waals surface area contributed by atoms with E-state index in [9.17, 15) is 14.4 Å². The van der Waals surface area contributed by atoms with Gasteiger partial charge in [-0.05, 0) is 19.9 Å². The van der Waals surface area contributed by atoms with Crippen LogP contribution in [0.2, 0.25) is 0 Å². The van der Waals surface area contributed by atoms with Crippen LogP contribution < -0.4 is 10.1 Å². The number of hydrogen-bond donors (Lipinski definition) is 1. The molecule has 3 amide bonds. The quantitative estimate of drug-likeness (QED) is 0.760. The molecule has 2 aliphatic heterocycles. The smallest absolute Gasteiger partial charge is 0.252 e. The molecule has 1 atom stereocenters. The molecule has 3 rings (SSSR count). The Labute approximate surface area is 122 Å². The summed E-state index contributed by atoms with van der Waals surface area (Å²) in [5.41, 5.74) is -0.251. The number of para-hydroxylation sites is 1. The van der Waals surface area contributed by atoms with Crippen LogP contribution in [0.15, 0.2) is 24.3 Å². The van der Waals surface area contributed by atoms with Crippen LogP contribution in [0.4, 0.5) is 0 Å². The Kier molecular flexibility index (Phi) is 2.97. The first kappa shape index (κ1) is 13.6. The summed E-state index contributed by atoms with van der Waals surface area (Å²) in [5, 5.41) is 2.26. The molecule has 0 saturated carbocycles. The van der Waals surface area contributed by atoms with Crippen LogP contribution in [0.3, 0.4) is 0 Å². The number of hydrogen-bond acceptors (Lipinski definition) is 4. The number of imide groups is 1. The normalized spacial score (nSPS) is 23.3. The van der Waals surface area contributed by atoms with Crippen LogP contribution >= 0.6 is 0 Å². The highest BCUT2D eigenvalue weighted by atomic mass is 16.5. The highest BCUT2D eigenvalue weighted by molar-refractivity contribution is 6.07. The third-order valence-corrected chi connectivity index (χ3v) is 4.05. The van der Waals surface area contributed by atoms with Crippen molar-refractivity contribution in [2.24, 2.45) is 0 Å². The van der Waals surface area contributed by atoms with Crippen LogP contribution in [0, 0.1) is 0 Å². The third kappa shape index (κ3) is 2.07. The van der Waals surface area contributed by atoms with Gasteiger partial charge >= 0.3 is 0 Å². The maximum absolute atomic E-state index is 12.8. The summed E-state index contributed by atoms with van der Waals surface area (Å²) in [4.78, 5) is 37.6. The van der Waals surface area contributed by atoms with Crippen LogP contribution in [0.1, 0.15) is 25.3 Å². The summed E-state index contributed by atoms with van der Waals surface area (Å²) in [5.74, 6) is -0.965. The van der Waals surface area contributed by atoms with E-state index in [4.69, 9.17) is 4.74 Å². The average Bonchev–Trinajstić information content (AvgIpc) is 2.86. The number of nitrogens with one attached hydrogen (secondary N) is 1. The van der Waals surface area contributed by atoms with Crippen molar-refractivity contribution >= 4 is 17.7 Å². The molecule has 1 unspecified atom stereocenters. The summed E-state index contributed by atoms with van der Waals surface area (Å²) in [6.07, 6.45) is 0. The fourth-order valence-corrected chi connectivity index (χ4v) is 2.69. The van der Waals surface area contributed by atoms with Crippen molar-refractivity contribution in [1.29, 1.82) is 0 Å². The Morgan fingerprint density at radius 3 is 2.81 bits per heavy atom. The zero-order valence-corrected chi connectivity index (χ0v) is 11.9. The molecule has 1 aromatic carbocycles. The van der Waals surface area contributed by atoms with E-state index < -0.39 is 23.3 Å². The maximum atomic E-state index is 12.8. The minimum atomic E-state index is -1.05. The monoisotopic (exact) mass is 288 g/mol. The first-order chi connectivity index (χ1) is 9.91. The van der Waals surface area contributed by atoms with E-state index in [2.05, 4.69) is 5.32 Å². The fourth-order valence-electron chi connectivity index (χ4n) is 2.69. The molecule has 1 aromatic rings. The van der Waals surface area contributed by atoms with E-state index in [1.165, 1.54) is 4.90 Å². The Morgan fingerprint density at radius 2 is 2.05 bits per heavy atom. The third-order valence-electron chi connectivity index (χ3n) is 4.05. The van der Waals surface area contributed by atoms with Gasteiger partial charge in [0.25, 0.3) is 5.91 Å². The molecular formula is C15H16N2O4. The van der Waals surface area contributed by atoms with Crippen molar-refractivity contribution in [3.05, 3.63) is 29.8 Å².